The van der Waals surface area contributed by atoms with Gasteiger partial charge in [0.2, 0.25) is 0 Å². The van der Waals surface area contributed by atoms with Gasteiger partial charge in [0.1, 0.15) is 0 Å². The third-order valence-corrected chi connectivity index (χ3v) is 6.86. The molecule has 0 amide bonds. The molecule has 0 heterocycles. The lowest BCUT2D eigenvalue weighted by Gasteiger charge is -2.31. The number of hydrogen-bond donors (Lipinski definition) is 2. The molecule has 6 nitrogen and oxygen atoms in total. The fourth-order valence-electron chi connectivity index (χ4n) is 1.70. The van der Waals surface area contributed by atoms with E-state index >= 15 is 0 Å². The van der Waals surface area contributed by atoms with Gasteiger partial charge < -0.3 is 23.1 Å². The molecule has 1 atom stereocenters. The summed E-state index contributed by atoms with van der Waals surface area (Å²) in [6, 6.07) is 0. The molecule has 1 unspecified atom stereocenters. The second-order valence-electron chi connectivity index (χ2n) is 3.50. The van der Waals surface area contributed by atoms with Gasteiger partial charge >= 0.3 is 16.4 Å². The molecule has 8 heteroatoms. The van der Waals surface area contributed by atoms with Gasteiger partial charge in [-0.05, 0) is 12.8 Å². The van der Waals surface area contributed by atoms with Crippen molar-refractivity contribution in [3.8, 4) is 0 Å². The smallest absolute Gasteiger partial charge is 0.377 e. The van der Waals surface area contributed by atoms with Crippen LogP contribution in [0.15, 0.2) is 0 Å². The first kappa shape index (κ1) is 16.2. The Bertz CT molecular complexity index is 230. The van der Waals surface area contributed by atoms with Crippen molar-refractivity contribution in [3.05, 3.63) is 0 Å². The van der Waals surface area contributed by atoms with Crippen LogP contribution in [-0.2, 0) is 17.8 Å². The van der Waals surface area contributed by atoms with Crippen LogP contribution < -0.4 is 0 Å². The van der Waals surface area contributed by atoms with Crippen molar-refractivity contribution in [2.24, 2.45) is 0 Å². The number of hydrogen-bond acceptors (Lipinski definition) is 4. The molecule has 0 aromatic heterocycles. The summed E-state index contributed by atoms with van der Waals surface area (Å²) in [4.78, 5) is 17.7. The Hall–Kier alpha value is 0.247. The molecule has 0 aromatic carbocycles. The second-order valence-corrected chi connectivity index (χ2v) is 8.52. The van der Waals surface area contributed by atoms with Crippen LogP contribution in [0.25, 0.3) is 0 Å². The SMILES string of the molecule is CCC(CCP(=O)(O)O)[Si](OC)(OC)OC. The average molecular weight is 272 g/mol. The zero-order chi connectivity index (χ0) is 12.8. The molecule has 0 spiro atoms. The van der Waals surface area contributed by atoms with E-state index in [0.717, 1.165) is 0 Å². The molecular weight excluding hydrogens is 251 g/mol. The quantitative estimate of drug-likeness (QED) is 0.510. The fraction of sp³-hybridized carbons (Fsp3) is 1.00. The maximum Gasteiger partial charge on any atom is 0.503 e. The third-order valence-electron chi connectivity index (χ3n) is 2.62. The van der Waals surface area contributed by atoms with Crippen molar-refractivity contribution >= 4 is 16.4 Å². The van der Waals surface area contributed by atoms with Crippen molar-refractivity contribution in [3.63, 3.8) is 0 Å². The van der Waals surface area contributed by atoms with Gasteiger partial charge in [0.05, 0.1) is 6.16 Å². The largest absolute Gasteiger partial charge is 0.503 e. The van der Waals surface area contributed by atoms with Gasteiger partial charge in [0.15, 0.2) is 0 Å². The fourth-order valence-corrected chi connectivity index (χ4v) is 5.09. The lowest BCUT2D eigenvalue weighted by Crippen LogP contribution is -2.47. The van der Waals surface area contributed by atoms with E-state index in [1.165, 1.54) is 21.3 Å². The summed E-state index contributed by atoms with van der Waals surface area (Å²) in [6.07, 6.45) is 0.862. The average Bonchev–Trinajstić information content (AvgIpc) is 2.23. The molecule has 0 bridgehead atoms. The van der Waals surface area contributed by atoms with Crippen LogP contribution in [0, 0.1) is 0 Å². The number of rotatable bonds is 8. The molecule has 0 radical (unpaired) electrons. The maximum atomic E-state index is 10.8. The third kappa shape index (κ3) is 4.63. The van der Waals surface area contributed by atoms with Crippen LogP contribution in [0.2, 0.25) is 5.54 Å². The summed E-state index contributed by atoms with van der Waals surface area (Å²) in [5, 5.41) is 0. The predicted octanol–water partition coefficient (Wildman–Crippen LogP) is 1.21. The summed E-state index contributed by atoms with van der Waals surface area (Å²) < 4.78 is 26.7. The van der Waals surface area contributed by atoms with Gasteiger partial charge in [-0.3, -0.25) is 4.57 Å². The summed E-state index contributed by atoms with van der Waals surface area (Å²) in [7, 11) is -2.27. The first-order valence-electron chi connectivity index (χ1n) is 5.05. The van der Waals surface area contributed by atoms with E-state index in [-0.39, 0.29) is 11.7 Å². The molecule has 0 aliphatic carbocycles. The molecule has 98 valence electrons. The molecule has 0 aliphatic heterocycles. The van der Waals surface area contributed by atoms with Crippen LogP contribution in [-0.4, -0.2) is 46.1 Å². The predicted molar refractivity (Wildman–Crippen MR) is 62.4 cm³/mol. The zero-order valence-corrected chi connectivity index (χ0v) is 12.1. The zero-order valence-electron chi connectivity index (χ0n) is 10.2. The van der Waals surface area contributed by atoms with Crippen molar-refractivity contribution in [1.29, 1.82) is 0 Å². The van der Waals surface area contributed by atoms with Crippen LogP contribution in [0.5, 0.6) is 0 Å². The Labute approximate surface area is 97.4 Å². The first-order valence-corrected chi connectivity index (χ1v) is 8.65. The molecule has 16 heavy (non-hydrogen) atoms. The molecule has 0 fully saturated rings. The Morgan fingerprint density at radius 3 is 1.88 bits per heavy atom. The van der Waals surface area contributed by atoms with Gasteiger partial charge in [-0.2, -0.15) is 0 Å². The molecule has 0 aromatic rings. The molecule has 0 saturated carbocycles. The monoisotopic (exact) mass is 272 g/mol. The maximum absolute atomic E-state index is 10.8. The van der Waals surface area contributed by atoms with E-state index in [2.05, 4.69) is 0 Å². The van der Waals surface area contributed by atoms with E-state index in [1.54, 1.807) is 0 Å². The summed E-state index contributed by atoms with van der Waals surface area (Å²) in [5.74, 6) is 0. The highest BCUT2D eigenvalue weighted by molar-refractivity contribution is 7.51. The molecule has 2 N–H and O–H groups in total. The van der Waals surface area contributed by atoms with Gasteiger partial charge in [-0.25, -0.2) is 0 Å². The van der Waals surface area contributed by atoms with Crippen LogP contribution in [0.4, 0.5) is 0 Å². The van der Waals surface area contributed by atoms with Crippen LogP contribution in [0.3, 0.4) is 0 Å². The Kier molecular flexibility index (Phi) is 6.96. The van der Waals surface area contributed by atoms with Gasteiger partial charge in [0, 0.05) is 26.9 Å². The van der Waals surface area contributed by atoms with Gasteiger partial charge in [-0.1, -0.05) is 6.92 Å². The Balaban J connectivity index is 4.62. The topological polar surface area (TPSA) is 85.2 Å². The van der Waals surface area contributed by atoms with Crippen LogP contribution in [0.1, 0.15) is 19.8 Å². The van der Waals surface area contributed by atoms with E-state index < -0.39 is 16.4 Å². The molecule has 0 saturated heterocycles. The minimum atomic E-state index is -3.98. The summed E-state index contributed by atoms with van der Waals surface area (Å²) in [6.45, 7) is 1.92. The molecular formula is C8H21O6PSi. The summed E-state index contributed by atoms with van der Waals surface area (Å²) in [5.41, 5.74) is -0.0971. The Morgan fingerprint density at radius 2 is 1.62 bits per heavy atom. The molecule has 0 rings (SSSR count). The van der Waals surface area contributed by atoms with E-state index in [9.17, 15) is 4.57 Å². The molecule has 0 aliphatic rings. The standard InChI is InChI=1S/C8H21O6PSi/c1-5-8(6-7-15(9,10)11)16(12-2,13-3)14-4/h8H,5-7H2,1-4H3,(H2,9,10,11). The van der Waals surface area contributed by atoms with E-state index in [1.807, 2.05) is 6.92 Å². The first-order chi connectivity index (χ1) is 7.35. The summed E-state index contributed by atoms with van der Waals surface area (Å²) >= 11 is 0. The van der Waals surface area contributed by atoms with E-state index in [0.29, 0.717) is 12.8 Å². The minimum Gasteiger partial charge on any atom is -0.377 e. The van der Waals surface area contributed by atoms with Crippen LogP contribution >= 0.6 is 7.60 Å². The second kappa shape index (κ2) is 6.86. The van der Waals surface area contributed by atoms with Gasteiger partial charge in [0.25, 0.3) is 0 Å². The highest BCUT2D eigenvalue weighted by Gasteiger charge is 2.46. The van der Waals surface area contributed by atoms with Crippen molar-refractivity contribution in [2.45, 2.75) is 25.3 Å². The van der Waals surface area contributed by atoms with E-state index in [4.69, 9.17) is 23.1 Å². The lowest BCUT2D eigenvalue weighted by atomic mass is 10.3. The van der Waals surface area contributed by atoms with Crippen molar-refractivity contribution in [1.82, 2.24) is 0 Å². The van der Waals surface area contributed by atoms with Crippen molar-refractivity contribution < 1.29 is 27.6 Å². The normalized spacial score (nSPS) is 15.1. The highest BCUT2D eigenvalue weighted by atomic mass is 31.2. The van der Waals surface area contributed by atoms with Gasteiger partial charge in [-0.15, -0.1) is 0 Å². The lowest BCUT2D eigenvalue weighted by molar-refractivity contribution is 0.109. The Morgan fingerprint density at radius 1 is 1.19 bits per heavy atom. The minimum absolute atomic E-state index is 0.0971. The van der Waals surface area contributed by atoms with Crippen molar-refractivity contribution in [2.75, 3.05) is 27.5 Å². The highest BCUT2D eigenvalue weighted by Crippen LogP contribution is 2.40.